The minimum Gasteiger partial charge on any atom is -0.492 e. The van der Waals surface area contributed by atoms with Gasteiger partial charge in [0.25, 0.3) is 0 Å². The quantitative estimate of drug-likeness (QED) is 0.300. The highest BCUT2D eigenvalue weighted by Gasteiger charge is 2.11. The van der Waals surface area contributed by atoms with Crippen molar-refractivity contribution in [2.24, 2.45) is 0 Å². The van der Waals surface area contributed by atoms with E-state index in [1.54, 1.807) is 6.07 Å². The van der Waals surface area contributed by atoms with Crippen molar-refractivity contribution < 1.29 is 9.53 Å². The lowest BCUT2D eigenvalue weighted by Gasteiger charge is -2.12. The second-order valence-corrected chi connectivity index (χ2v) is 8.89. The maximum absolute atomic E-state index is 12.3. The predicted octanol–water partition coefficient (Wildman–Crippen LogP) is 5.68. The molecule has 0 aliphatic heterocycles. The van der Waals surface area contributed by atoms with Crippen LogP contribution >= 0.6 is 11.6 Å². The van der Waals surface area contributed by atoms with Crippen molar-refractivity contribution in [3.63, 3.8) is 0 Å². The molecule has 0 saturated heterocycles. The van der Waals surface area contributed by atoms with E-state index in [0.29, 0.717) is 24.7 Å². The molecule has 6 heteroatoms. The largest absolute Gasteiger partial charge is 0.492 e. The lowest BCUT2D eigenvalue weighted by atomic mass is 10.1. The molecule has 4 aromatic rings. The zero-order valence-corrected chi connectivity index (χ0v) is 20.4. The molecule has 0 bridgehead atoms. The van der Waals surface area contributed by atoms with Crippen molar-refractivity contribution in [3.05, 3.63) is 94.3 Å². The first-order chi connectivity index (χ1) is 16.5. The average Bonchev–Trinajstić information content (AvgIpc) is 3.18. The molecule has 0 fully saturated rings. The second kappa shape index (κ2) is 11.2. The Morgan fingerprint density at radius 1 is 1.03 bits per heavy atom. The van der Waals surface area contributed by atoms with E-state index in [9.17, 15) is 4.79 Å². The number of imidazole rings is 1. The molecule has 5 nitrogen and oxygen atoms in total. The average molecular weight is 476 g/mol. The first kappa shape index (κ1) is 23.8. The normalized spacial score (nSPS) is 11.0. The van der Waals surface area contributed by atoms with Crippen LogP contribution in [0.5, 0.6) is 5.75 Å². The molecular weight excluding hydrogens is 446 g/mol. The molecule has 4 rings (SSSR count). The van der Waals surface area contributed by atoms with E-state index >= 15 is 0 Å². The summed E-state index contributed by atoms with van der Waals surface area (Å²) in [6.45, 7) is 6.05. The Hall–Kier alpha value is -3.31. The molecule has 0 unspecified atom stereocenters. The number of aromatic nitrogens is 2. The SMILES string of the molecule is Cc1ccc(OCCn2c(CCCNC(=O)Cc3ccccc3Cl)nc3ccccc32)cc1C. The summed E-state index contributed by atoms with van der Waals surface area (Å²) in [7, 11) is 0. The number of halogens is 1. The summed E-state index contributed by atoms with van der Waals surface area (Å²) in [6, 6.07) is 21.8. The van der Waals surface area contributed by atoms with Gasteiger partial charge in [0.2, 0.25) is 5.91 Å². The third-order valence-electron chi connectivity index (χ3n) is 6.00. The zero-order chi connectivity index (χ0) is 23.9. The topological polar surface area (TPSA) is 56.1 Å². The number of amides is 1. The fourth-order valence-electron chi connectivity index (χ4n) is 3.98. The Bertz CT molecular complexity index is 1280. The lowest BCUT2D eigenvalue weighted by molar-refractivity contribution is -0.120. The summed E-state index contributed by atoms with van der Waals surface area (Å²) in [5.74, 6) is 1.86. The molecule has 1 N–H and O–H groups in total. The first-order valence-corrected chi connectivity index (χ1v) is 12.0. The fourth-order valence-corrected chi connectivity index (χ4v) is 4.18. The van der Waals surface area contributed by atoms with Crippen LogP contribution in [-0.2, 0) is 24.2 Å². The smallest absolute Gasteiger partial charge is 0.224 e. The Morgan fingerprint density at radius 3 is 2.65 bits per heavy atom. The van der Waals surface area contributed by atoms with Crippen molar-refractivity contribution >= 4 is 28.5 Å². The fraction of sp³-hybridized carbons (Fsp3) is 0.286. The number of nitrogens with zero attached hydrogens (tertiary/aromatic N) is 2. The minimum atomic E-state index is -0.0246. The van der Waals surface area contributed by atoms with Gasteiger partial charge >= 0.3 is 0 Å². The molecule has 1 amide bonds. The van der Waals surface area contributed by atoms with Crippen molar-refractivity contribution in [3.8, 4) is 5.75 Å². The van der Waals surface area contributed by atoms with Crippen LogP contribution in [0.15, 0.2) is 66.7 Å². The minimum absolute atomic E-state index is 0.0246. The van der Waals surface area contributed by atoms with E-state index in [1.165, 1.54) is 11.1 Å². The van der Waals surface area contributed by atoms with E-state index in [0.717, 1.165) is 41.0 Å². The van der Waals surface area contributed by atoms with Gasteiger partial charge in [-0.1, -0.05) is 48.0 Å². The molecule has 0 spiro atoms. The van der Waals surface area contributed by atoms with Gasteiger partial charge in [-0.25, -0.2) is 4.98 Å². The third kappa shape index (κ3) is 5.97. The molecule has 0 atom stereocenters. The summed E-state index contributed by atoms with van der Waals surface area (Å²) < 4.78 is 8.25. The number of hydrogen-bond donors (Lipinski definition) is 1. The highest BCUT2D eigenvalue weighted by molar-refractivity contribution is 6.31. The lowest BCUT2D eigenvalue weighted by Crippen LogP contribution is -2.26. The van der Waals surface area contributed by atoms with Gasteiger partial charge in [-0.05, 0) is 67.3 Å². The van der Waals surface area contributed by atoms with Crippen LogP contribution in [0, 0.1) is 13.8 Å². The molecule has 0 radical (unpaired) electrons. The number of benzene rings is 3. The molecule has 0 aliphatic carbocycles. The van der Waals surface area contributed by atoms with Crippen molar-refractivity contribution in [1.82, 2.24) is 14.9 Å². The number of nitrogens with one attached hydrogen (secondary N) is 1. The number of hydrogen-bond acceptors (Lipinski definition) is 3. The summed E-state index contributed by atoms with van der Waals surface area (Å²) in [4.78, 5) is 17.1. The van der Waals surface area contributed by atoms with Crippen molar-refractivity contribution in [2.45, 2.75) is 39.7 Å². The maximum atomic E-state index is 12.3. The molecule has 3 aromatic carbocycles. The molecule has 1 aromatic heterocycles. The molecular formula is C28H30ClN3O2. The van der Waals surface area contributed by atoms with Crippen LogP contribution in [0.2, 0.25) is 5.02 Å². The van der Waals surface area contributed by atoms with E-state index in [2.05, 4.69) is 41.9 Å². The van der Waals surface area contributed by atoms with Gasteiger partial charge in [-0.3, -0.25) is 4.79 Å². The Labute approximate surface area is 205 Å². The highest BCUT2D eigenvalue weighted by atomic mass is 35.5. The van der Waals surface area contributed by atoms with Gasteiger partial charge in [0.05, 0.1) is 24.0 Å². The van der Waals surface area contributed by atoms with Gasteiger partial charge in [-0.15, -0.1) is 0 Å². The standard InChI is InChI=1S/C28H30ClN3O2/c1-20-13-14-23(18-21(20)2)34-17-16-32-26-11-6-5-10-25(26)31-27(32)12-7-15-30-28(33)19-22-8-3-4-9-24(22)29/h3-6,8-11,13-14,18H,7,12,15-17,19H2,1-2H3,(H,30,33). The summed E-state index contributed by atoms with van der Waals surface area (Å²) in [5, 5.41) is 3.62. The van der Waals surface area contributed by atoms with Crippen molar-refractivity contribution in [2.75, 3.05) is 13.2 Å². The van der Waals surface area contributed by atoms with E-state index in [4.69, 9.17) is 21.3 Å². The van der Waals surface area contributed by atoms with E-state index in [1.807, 2.05) is 42.5 Å². The van der Waals surface area contributed by atoms with Crippen LogP contribution in [0.3, 0.4) is 0 Å². The predicted molar refractivity (Wildman–Crippen MR) is 138 cm³/mol. The third-order valence-corrected chi connectivity index (χ3v) is 6.37. The number of para-hydroxylation sites is 2. The summed E-state index contributed by atoms with van der Waals surface area (Å²) in [6.07, 6.45) is 1.86. The number of rotatable bonds is 10. The van der Waals surface area contributed by atoms with Crippen LogP contribution in [0.25, 0.3) is 11.0 Å². The van der Waals surface area contributed by atoms with E-state index in [-0.39, 0.29) is 12.3 Å². The van der Waals surface area contributed by atoms with Crippen LogP contribution in [-0.4, -0.2) is 28.6 Å². The second-order valence-electron chi connectivity index (χ2n) is 8.48. The van der Waals surface area contributed by atoms with Crippen molar-refractivity contribution in [1.29, 1.82) is 0 Å². The summed E-state index contributed by atoms with van der Waals surface area (Å²) in [5.41, 5.74) is 5.40. The molecule has 0 saturated carbocycles. The first-order valence-electron chi connectivity index (χ1n) is 11.7. The van der Waals surface area contributed by atoms with Crippen LogP contribution in [0.4, 0.5) is 0 Å². The van der Waals surface area contributed by atoms with Gasteiger partial charge in [0.15, 0.2) is 0 Å². The highest BCUT2D eigenvalue weighted by Crippen LogP contribution is 2.19. The number of fused-ring (bicyclic) bond motifs is 1. The van der Waals surface area contributed by atoms with Gasteiger partial charge < -0.3 is 14.6 Å². The van der Waals surface area contributed by atoms with Gasteiger partial charge in [-0.2, -0.15) is 0 Å². The number of ether oxygens (including phenoxy) is 1. The van der Waals surface area contributed by atoms with Crippen LogP contribution < -0.4 is 10.1 Å². The monoisotopic (exact) mass is 475 g/mol. The Kier molecular flexibility index (Phi) is 7.86. The number of carbonyl (C=O) groups excluding carboxylic acids is 1. The van der Waals surface area contributed by atoms with Crippen LogP contribution in [0.1, 0.15) is 28.9 Å². The van der Waals surface area contributed by atoms with Gasteiger partial charge in [0.1, 0.15) is 18.2 Å². The van der Waals surface area contributed by atoms with E-state index < -0.39 is 0 Å². The molecule has 0 aliphatic rings. The zero-order valence-electron chi connectivity index (χ0n) is 19.7. The summed E-state index contributed by atoms with van der Waals surface area (Å²) >= 11 is 6.16. The Morgan fingerprint density at radius 2 is 1.82 bits per heavy atom. The maximum Gasteiger partial charge on any atom is 0.224 e. The number of carbonyl (C=O) groups is 1. The van der Waals surface area contributed by atoms with Gasteiger partial charge in [0, 0.05) is 18.0 Å². The molecule has 34 heavy (non-hydrogen) atoms. The molecule has 176 valence electrons. The Balaban J connectivity index is 1.33. The number of aryl methyl sites for hydroxylation is 3. The molecule has 1 heterocycles.